The minimum absolute atomic E-state index is 0.250. The van der Waals surface area contributed by atoms with Crippen LogP contribution in [0.1, 0.15) is 5.56 Å². The van der Waals surface area contributed by atoms with E-state index in [2.05, 4.69) is 0 Å². The molecule has 0 aliphatic carbocycles. The maximum absolute atomic E-state index is 12.9. The largest absolute Gasteiger partial charge is 0.365 e. The van der Waals surface area contributed by atoms with Gasteiger partial charge in [-0.15, -0.1) is 0 Å². The number of non-ortho nitro benzene ring substituents is 1. The third-order valence-corrected chi connectivity index (χ3v) is 3.11. The molecule has 22 heavy (non-hydrogen) atoms. The third-order valence-electron chi connectivity index (χ3n) is 3.11. The van der Waals surface area contributed by atoms with E-state index in [0.29, 0.717) is 6.54 Å². The van der Waals surface area contributed by atoms with Gasteiger partial charge in [0.1, 0.15) is 11.5 Å². The van der Waals surface area contributed by atoms with Crippen molar-refractivity contribution in [1.29, 1.82) is 0 Å². The Morgan fingerprint density at radius 3 is 2.23 bits per heavy atom. The molecular weight excluding hydrogens is 293 g/mol. The molecule has 0 aliphatic heterocycles. The van der Waals surface area contributed by atoms with Crippen LogP contribution in [0.25, 0.3) is 0 Å². The maximum Gasteiger partial charge on any atom is 0.299 e. The van der Waals surface area contributed by atoms with E-state index in [1.54, 1.807) is 24.1 Å². The number of nitro groups is 2. The molecule has 0 aromatic heterocycles. The number of halogens is 1. The fourth-order valence-electron chi connectivity index (χ4n) is 2.04. The normalized spacial score (nSPS) is 10.3. The molecule has 0 atom stereocenters. The molecule has 0 radical (unpaired) electrons. The van der Waals surface area contributed by atoms with E-state index in [-0.39, 0.29) is 22.9 Å². The highest BCUT2D eigenvalue weighted by atomic mass is 19.1. The molecule has 2 aromatic rings. The van der Waals surface area contributed by atoms with E-state index in [0.717, 1.165) is 11.6 Å². The zero-order valence-corrected chi connectivity index (χ0v) is 11.6. The molecule has 0 amide bonds. The number of nitro benzene ring substituents is 2. The zero-order valence-electron chi connectivity index (χ0n) is 11.6. The van der Waals surface area contributed by atoms with Gasteiger partial charge in [0.15, 0.2) is 0 Å². The van der Waals surface area contributed by atoms with Gasteiger partial charge in [-0.2, -0.15) is 0 Å². The Bertz CT molecular complexity index is 719. The summed E-state index contributed by atoms with van der Waals surface area (Å²) in [4.78, 5) is 22.0. The predicted molar refractivity (Wildman–Crippen MR) is 78.3 cm³/mol. The highest BCUT2D eigenvalue weighted by molar-refractivity contribution is 5.66. The average molecular weight is 305 g/mol. The van der Waals surface area contributed by atoms with Gasteiger partial charge >= 0.3 is 0 Å². The first-order chi connectivity index (χ1) is 10.4. The minimum atomic E-state index is -0.684. The van der Waals surface area contributed by atoms with Crippen LogP contribution < -0.4 is 4.90 Å². The first kappa shape index (κ1) is 15.4. The van der Waals surface area contributed by atoms with E-state index in [9.17, 15) is 24.6 Å². The maximum atomic E-state index is 12.9. The lowest BCUT2D eigenvalue weighted by Gasteiger charge is -2.19. The molecule has 0 saturated heterocycles. The molecule has 0 unspecified atom stereocenters. The van der Waals surface area contributed by atoms with Crippen LogP contribution in [0.3, 0.4) is 0 Å². The number of anilines is 1. The summed E-state index contributed by atoms with van der Waals surface area (Å²) in [5.74, 6) is -0.368. The summed E-state index contributed by atoms with van der Waals surface area (Å²) in [5, 5.41) is 21.8. The first-order valence-corrected chi connectivity index (χ1v) is 6.27. The third kappa shape index (κ3) is 3.35. The Labute approximate surface area is 124 Å². The summed E-state index contributed by atoms with van der Waals surface area (Å²) < 4.78 is 12.9. The van der Waals surface area contributed by atoms with Crippen LogP contribution in [0.2, 0.25) is 0 Å². The van der Waals surface area contributed by atoms with Crippen LogP contribution in [-0.2, 0) is 6.54 Å². The molecule has 8 heteroatoms. The van der Waals surface area contributed by atoms with Gasteiger partial charge in [0.25, 0.3) is 11.4 Å². The molecule has 0 heterocycles. The smallest absolute Gasteiger partial charge is 0.299 e. The molecule has 0 aliphatic rings. The summed E-state index contributed by atoms with van der Waals surface area (Å²) in [5.41, 5.74) is 0.320. The van der Waals surface area contributed by atoms with E-state index in [4.69, 9.17) is 0 Å². The molecule has 0 saturated carbocycles. The molecule has 0 spiro atoms. The topological polar surface area (TPSA) is 89.5 Å². The molecule has 2 rings (SSSR count). The number of rotatable bonds is 5. The van der Waals surface area contributed by atoms with Crippen LogP contribution >= 0.6 is 0 Å². The summed E-state index contributed by atoms with van der Waals surface area (Å²) in [6.07, 6.45) is 0. The van der Waals surface area contributed by atoms with Crippen LogP contribution in [0.5, 0.6) is 0 Å². The average Bonchev–Trinajstić information content (AvgIpc) is 2.48. The van der Waals surface area contributed by atoms with Crippen molar-refractivity contribution < 1.29 is 14.2 Å². The molecule has 114 valence electrons. The molecule has 0 N–H and O–H groups in total. The quantitative estimate of drug-likeness (QED) is 0.624. The van der Waals surface area contributed by atoms with Gasteiger partial charge in [-0.25, -0.2) is 4.39 Å². The molecule has 0 fully saturated rings. The lowest BCUT2D eigenvalue weighted by molar-refractivity contribution is -0.393. The van der Waals surface area contributed by atoms with Crippen LogP contribution in [0.15, 0.2) is 42.5 Å². The second kappa shape index (κ2) is 6.17. The van der Waals surface area contributed by atoms with Crippen molar-refractivity contribution in [3.8, 4) is 0 Å². The minimum Gasteiger partial charge on any atom is -0.365 e. The SMILES string of the molecule is CN(Cc1ccc(F)cc1)c1ccc([N+](=O)[O-])cc1[N+](=O)[O-]. The summed E-state index contributed by atoms with van der Waals surface area (Å²) >= 11 is 0. The summed E-state index contributed by atoms with van der Waals surface area (Å²) in [6.45, 7) is 0.304. The molecule has 7 nitrogen and oxygen atoms in total. The van der Waals surface area contributed by atoms with E-state index in [1.165, 1.54) is 24.3 Å². The van der Waals surface area contributed by atoms with E-state index in [1.807, 2.05) is 0 Å². The molecule has 0 bridgehead atoms. The number of hydrogen-bond acceptors (Lipinski definition) is 5. The molecular formula is C14H12FN3O4. The van der Waals surface area contributed by atoms with Crippen molar-refractivity contribution in [2.24, 2.45) is 0 Å². The van der Waals surface area contributed by atoms with Crippen molar-refractivity contribution in [1.82, 2.24) is 0 Å². The Hall–Kier alpha value is -3.03. The lowest BCUT2D eigenvalue weighted by Crippen LogP contribution is -2.17. The Balaban J connectivity index is 2.32. The zero-order chi connectivity index (χ0) is 16.3. The molecule has 2 aromatic carbocycles. The van der Waals surface area contributed by atoms with Gasteiger partial charge in [-0.1, -0.05) is 12.1 Å². The first-order valence-electron chi connectivity index (χ1n) is 6.27. The lowest BCUT2D eigenvalue weighted by atomic mass is 10.2. The van der Waals surface area contributed by atoms with Gasteiger partial charge in [-0.05, 0) is 23.8 Å². The Morgan fingerprint density at radius 2 is 1.68 bits per heavy atom. The second-order valence-corrected chi connectivity index (χ2v) is 4.67. The highest BCUT2D eigenvalue weighted by Crippen LogP contribution is 2.32. The van der Waals surface area contributed by atoms with Crippen molar-refractivity contribution in [3.63, 3.8) is 0 Å². The Kier molecular flexibility index (Phi) is 4.31. The predicted octanol–water partition coefficient (Wildman–Crippen LogP) is 3.28. The van der Waals surface area contributed by atoms with Crippen LogP contribution in [0.4, 0.5) is 21.5 Å². The fraction of sp³-hybridized carbons (Fsp3) is 0.143. The van der Waals surface area contributed by atoms with E-state index < -0.39 is 9.85 Å². The Morgan fingerprint density at radius 1 is 1.05 bits per heavy atom. The second-order valence-electron chi connectivity index (χ2n) is 4.67. The highest BCUT2D eigenvalue weighted by Gasteiger charge is 2.21. The number of hydrogen-bond donors (Lipinski definition) is 0. The van der Waals surface area contributed by atoms with Gasteiger partial charge < -0.3 is 4.90 Å². The number of benzene rings is 2. The standard InChI is InChI=1S/C14H12FN3O4/c1-16(9-10-2-4-11(15)5-3-10)13-7-6-12(17(19)20)8-14(13)18(21)22/h2-8H,9H2,1H3. The van der Waals surface area contributed by atoms with Crippen molar-refractivity contribution in [3.05, 3.63) is 74.1 Å². The number of nitrogens with zero attached hydrogens (tertiary/aromatic N) is 3. The summed E-state index contributed by atoms with van der Waals surface area (Å²) in [7, 11) is 1.62. The monoisotopic (exact) mass is 305 g/mol. The summed E-state index contributed by atoms with van der Waals surface area (Å²) in [6, 6.07) is 9.22. The van der Waals surface area contributed by atoms with Crippen LogP contribution in [0, 0.1) is 26.0 Å². The van der Waals surface area contributed by atoms with Gasteiger partial charge in [-0.3, -0.25) is 20.2 Å². The fourth-order valence-corrected chi connectivity index (χ4v) is 2.04. The van der Waals surface area contributed by atoms with Gasteiger partial charge in [0, 0.05) is 19.7 Å². The van der Waals surface area contributed by atoms with Crippen molar-refractivity contribution >= 4 is 17.1 Å². The van der Waals surface area contributed by atoms with Gasteiger partial charge in [0.05, 0.1) is 15.9 Å². The van der Waals surface area contributed by atoms with Crippen molar-refractivity contribution in [2.75, 3.05) is 11.9 Å². The van der Waals surface area contributed by atoms with Crippen molar-refractivity contribution in [2.45, 2.75) is 6.54 Å². The van der Waals surface area contributed by atoms with Gasteiger partial charge in [0.2, 0.25) is 0 Å². The van der Waals surface area contributed by atoms with E-state index >= 15 is 0 Å². The van der Waals surface area contributed by atoms with Crippen LogP contribution in [-0.4, -0.2) is 16.9 Å².